The second-order valence-corrected chi connectivity index (χ2v) is 7.79. The molecule has 1 spiro atoms. The molecule has 2 fully saturated rings. The molecule has 2 rings (SSSR count). The molecule has 0 saturated carbocycles. The van der Waals surface area contributed by atoms with Gasteiger partial charge in [0.25, 0.3) is 0 Å². The van der Waals surface area contributed by atoms with E-state index in [-0.39, 0.29) is 17.7 Å². The van der Waals surface area contributed by atoms with Gasteiger partial charge in [0.2, 0.25) is 0 Å². The van der Waals surface area contributed by atoms with Crippen LogP contribution in [0.3, 0.4) is 0 Å². The molecule has 0 radical (unpaired) electrons. The molecule has 1 unspecified atom stereocenters. The second kappa shape index (κ2) is 6.13. The molecule has 0 aromatic rings. The van der Waals surface area contributed by atoms with Crippen molar-refractivity contribution >= 4 is 6.09 Å². The predicted octanol–water partition coefficient (Wildman–Crippen LogP) is 2.75. The summed E-state index contributed by atoms with van der Waals surface area (Å²) < 4.78 is 11.3. The summed E-state index contributed by atoms with van der Waals surface area (Å²) in [5.41, 5.74) is -0.181. The second-order valence-electron chi connectivity index (χ2n) is 7.79. The van der Waals surface area contributed by atoms with Crippen LogP contribution in [0.1, 0.15) is 53.9 Å². The van der Waals surface area contributed by atoms with Crippen LogP contribution in [0.2, 0.25) is 0 Å². The van der Waals surface area contributed by atoms with E-state index in [1.165, 1.54) is 0 Å². The lowest BCUT2D eigenvalue weighted by Crippen LogP contribution is -2.45. The summed E-state index contributed by atoms with van der Waals surface area (Å²) in [4.78, 5) is 13.9. The molecule has 0 aliphatic carbocycles. The first-order valence-electron chi connectivity index (χ1n) is 8.05. The number of piperidine rings is 1. The summed E-state index contributed by atoms with van der Waals surface area (Å²) in [7, 11) is 0. The minimum absolute atomic E-state index is 0.165. The molecule has 1 amide bonds. The molecule has 1 N–H and O–H groups in total. The van der Waals surface area contributed by atoms with Crippen molar-refractivity contribution < 1.29 is 14.3 Å². The summed E-state index contributed by atoms with van der Waals surface area (Å²) in [6.07, 6.45) is 3.03. The van der Waals surface area contributed by atoms with Gasteiger partial charge in [-0.2, -0.15) is 0 Å². The zero-order chi connectivity index (χ0) is 15.7. The molecule has 5 heteroatoms. The Bertz CT molecular complexity index is 368. The third kappa shape index (κ3) is 4.58. The molecule has 21 heavy (non-hydrogen) atoms. The quantitative estimate of drug-likeness (QED) is 0.851. The van der Waals surface area contributed by atoms with Crippen molar-refractivity contribution in [1.29, 1.82) is 0 Å². The van der Waals surface area contributed by atoms with Crippen LogP contribution in [0.5, 0.6) is 0 Å². The molecule has 5 nitrogen and oxygen atoms in total. The minimum Gasteiger partial charge on any atom is -0.444 e. The molecule has 2 aliphatic heterocycles. The molecule has 1 atom stereocenters. The lowest BCUT2D eigenvalue weighted by molar-refractivity contribution is 0.00731. The van der Waals surface area contributed by atoms with Crippen LogP contribution in [0.25, 0.3) is 0 Å². The lowest BCUT2D eigenvalue weighted by Gasteiger charge is -2.38. The molecule has 0 bridgehead atoms. The highest BCUT2D eigenvalue weighted by molar-refractivity contribution is 5.68. The van der Waals surface area contributed by atoms with Gasteiger partial charge < -0.3 is 14.4 Å². The minimum atomic E-state index is -0.422. The molecule has 122 valence electrons. The van der Waals surface area contributed by atoms with Gasteiger partial charge in [0.05, 0.1) is 6.61 Å². The van der Waals surface area contributed by atoms with Crippen LogP contribution in [0.15, 0.2) is 0 Å². The fourth-order valence-electron chi connectivity index (χ4n) is 3.11. The Balaban J connectivity index is 1.82. The van der Waals surface area contributed by atoms with Gasteiger partial charge in [-0.05, 0) is 53.9 Å². The van der Waals surface area contributed by atoms with Gasteiger partial charge in [-0.1, -0.05) is 0 Å². The van der Waals surface area contributed by atoms with Crippen molar-refractivity contribution in [3.63, 3.8) is 0 Å². The highest BCUT2D eigenvalue weighted by Gasteiger charge is 2.43. The summed E-state index contributed by atoms with van der Waals surface area (Å²) in [6.45, 7) is 12.3. The number of ether oxygens (including phenoxy) is 2. The van der Waals surface area contributed by atoms with Gasteiger partial charge in [0.15, 0.2) is 0 Å². The molecular formula is C16H30N2O3. The number of hydrogen-bond acceptors (Lipinski definition) is 4. The Morgan fingerprint density at radius 2 is 1.95 bits per heavy atom. The number of carbonyl (C=O) groups excluding carboxylic acids is 1. The first-order valence-corrected chi connectivity index (χ1v) is 8.05. The molecular weight excluding hydrogens is 268 g/mol. The molecule has 0 aromatic carbocycles. The number of hydrogen-bond donors (Lipinski definition) is 1. The zero-order valence-electron chi connectivity index (χ0n) is 14.1. The maximum Gasteiger partial charge on any atom is 0.410 e. The van der Waals surface area contributed by atoms with Gasteiger partial charge in [-0.3, -0.25) is 5.32 Å². The standard InChI is InChI=1S/C16H30N2O3/c1-12(2)17-13-10-16(11-20-13)6-8-18(9-7-16)14(19)21-15(3,4)5/h12-13,17H,6-11H2,1-5H3. The molecule has 0 aromatic heterocycles. The van der Waals surface area contributed by atoms with Gasteiger partial charge in [-0.15, -0.1) is 0 Å². The third-order valence-electron chi connectivity index (χ3n) is 4.20. The van der Waals surface area contributed by atoms with Crippen LogP contribution in [-0.2, 0) is 9.47 Å². The van der Waals surface area contributed by atoms with Crippen molar-refractivity contribution in [2.75, 3.05) is 19.7 Å². The van der Waals surface area contributed by atoms with E-state index in [9.17, 15) is 4.79 Å². The maximum atomic E-state index is 12.1. The van der Waals surface area contributed by atoms with Crippen LogP contribution >= 0.6 is 0 Å². The van der Waals surface area contributed by atoms with Crippen LogP contribution in [-0.4, -0.2) is 48.6 Å². The normalized spacial score (nSPS) is 25.6. The Kier molecular flexibility index (Phi) is 4.83. The van der Waals surface area contributed by atoms with Crippen molar-refractivity contribution in [2.45, 2.75) is 71.8 Å². The van der Waals surface area contributed by atoms with Gasteiger partial charge in [0, 0.05) is 24.5 Å². The smallest absolute Gasteiger partial charge is 0.410 e. The van der Waals surface area contributed by atoms with Gasteiger partial charge >= 0.3 is 6.09 Å². The number of amides is 1. The van der Waals surface area contributed by atoms with Crippen molar-refractivity contribution in [1.82, 2.24) is 10.2 Å². The van der Waals surface area contributed by atoms with Crippen molar-refractivity contribution in [3.8, 4) is 0 Å². The Morgan fingerprint density at radius 1 is 1.33 bits per heavy atom. The summed E-state index contributed by atoms with van der Waals surface area (Å²) >= 11 is 0. The van der Waals surface area contributed by atoms with E-state index in [1.54, 1.807) is 0 Å². The number of nitrogens with zero attached hydrogens (tertiary/aromatic N) is 1. The van der Waals surface area contributed by atoms with Crippen molar-refractivity contribution in [3.05, 3.63) is 0 Å². The largest absolute Gasteiger partial charge is 0.444 e. The number of likely N-dealkylation sites (tertiary alicyclic amines) is 1. The van der Waals surface area contributed by atoms with Gasteiger partial charge in [-0.25, -0.2) is 4.79 Å². The lowest BCUT2D eigenvalue weighted by atomic mass is 9.77. The number of carbonyl (C=O) groups is 1. The Morgan fingerprint density at radius 3 is 2.48 bits per heavy atom. The maximum absolute atomic E-state index is 12.1. The zero-order valence-corrected chi connectivity index (χ0v) is 14.1. The fraction of sp³-hybridized carbons (Fsp3) is 0.938. The Labute approximate surface area is 128 Å². The average Bonchev–Trinajstić information content (AvgIpc) is 2.70. The SMILES string of the molecule is CC(C)NC1CC2(CCN(C(=O)OC(C)(C)C)CC2)CO1. The van der Waals surface area contributed by atoms with Crippen LogP contribution in [0.4, 0.5) is 4.79 Å². The van der Waals surface area contributed by atoms with Gasteiger partial charge in [0.1, 0.15) is 11.8 Å². The molecule has 2 aliphatic rings. The number of nitrogens with one attached hydrogen (secondary N) is 1. The van der Waals surface area contributed by atoms with E-state index in [0.29, 0.717) is 6.04 Å². The predicted molar refractivity (Wildman–Crippen MR) is 82.1 cm³/mol. The summed E-state index contributed by atoms with van der Waals surface area (Å²) in [5.74, 6) is 0. The number of rotatable bonds is 2. The van der Waals surface area contributed by atoms with E-state index in [2.05, 4.69) is 19.2 Å². The molecule has 2 heterocycles. The van der Waals surface area contributed by atoms with Crippen LogP contribution in [0, 0.1) is 5.41 Å². The average molecular weight is 298 g/mol. The summed E-state index contributed by atoms with van der Waals surface area (Å²) in [6, 6.07) is 0.437. The summed E-state index contributed by atoms with van der Waals surface area (Å²) in [5, 5.41) is 3.45. The van der Waals surface area contributed by atoms with Crippen molar-refractivity contribution in [2.24, 2.45) is 5.41 Å². The van der Waals surface area contributed by atoms with E-state index in [4.69, 9.17) is 9.47 Å². The van der Waals surface area contributed by atoms with E-state index < -0.39 is 5.60 Å². The highest BCUT2D eigenvalue weighted by atomic mass is 16.6. The van der Waals surface area contributed by atoms with E-state index >= 15 is 0 Å². The fourth-order valence-corrected chi connectivity index (χ4v) is 3.11. The highest BCUT2D eigenvalue weighted by Crippen LogP contribution is 2.41. The Hall–Kier alpha value is -0.810. The monoisotopic (exact) mass is 298 g/mol. The van der Waals surface area contributed by atoms with E-state index in [1.807, 2.05) is 25.7 Å². The third-order valence-corrected chi connectivity index (χ3v) is 4.20. The van der Waals surface area contributed by atoms with E-state index in [0.717, 1.165) is 39.0 Å². The first-order chi connectivity index (χ1) is 9.69. The first kappa shape index (κ1) is 16.6. The molecule has 2 saturated heterocycles. The topological polar surface area (TPSA) is 50.8 Å². The van der Waals surface area contributed by atoms with Crippen LogP contribution < -0.4 is 5.32 Å².